The van der Waals surface area contributed by atoms with Crippen LogP contribution in [0.5, 0.6) is 0 Å². The molecule has 3 heteroatoms. The minimum Gasteiger partial charge on any atom is -0.326 e. The molecule has 0 fully saturated rings. The third-order valence-electron chi connectivity index (χ3n) is 6.00. The first-order chi connectivity index (χ1) is 13.7. The Balaban J connectivity index is 2.45. The minimum atomic E-state index is 0.213. The molecule has 3 unspecified atom stereocenters. The SMILES string of the molecule is CCC(/C=N\C)c1ccc(CC(N)C(I)CCC/C=C(\C)CC(C)(C)CC)cc1. The fourth-order valence-electron chi connectivity index (χ4n) is 3.74. The van der Waals surface area contributed by atoms with Crippen molar-refractivity contribution in [1.82, 2.24) is 0 Å². The van der Waals surface area contributed by atoms with Gasteiger partial charge in [0, 0.05) is 29.1 Å². The summed E-state index contributed by atoms with van der Waals surface area (Å²) in [6, 6.07) is 9.18. The Morgan fingerprint density at radius 1 is 1.21 bits per heavy atom. The average Bonchev–Trinajstić information content (AvgIpc) is 2.69. The maximum Gasteiger partial charge on any atom is 0.0273 e. The van der Waals surface area contributed by atoms with Crippen LogP contribution in [0.4, 0.5) is 0 Å². The highest BCUT2D eigenvalue weighted by atomic mass is 127. The highest BCUT2D eigenvalue weighted by molar-refractivity contribution is 14.1. The summed E-state index contributed by atoms with van der Waals surface area (Å²) in [5.74, 6) is 0.416. The summed E-state index contributed by atoms with van der Waals surface area (Å²) in [5.41, 5.74) is 11.2. The van der Waals surface area contributed by atoms with Gasteiger partial charge in [0.1, 0.15) is 0 Å². The van der Waals surface area contributed by atoms with Gasteiger partial charge in [-0.05, 0) is 62.0 Å². The first-order valence-corrected chi connectivity index (χ1v) is 12.5. The molecule has 0 spiro atoms. The van der Waals surface area contributed by atoms with Crippen LogP contribution in [0.3, 0.4) is 0 Å². The first-order valence-electron chi connectivity index (χ1n) is 11.3. The van der Waals surface area contributed by atoms with Gasteiger partial charge in [-0.1, -0.05) is 92.6 Å². The van der Waals surface area contributed by atoms with Crippen LogP contribution in [0.15, 0.2) is 40.9 Å². The molecule has 29 heavy (non-hydrogen) atoms. The van der Waals surface area contributed by atoms with E-state index in [-0.39, 0.29) is 6.04 Å². The average molecular weight is 511 g/mol. The Bertz CT molecular complexity index is 631. The zero-order valence-corrected chi connectivity index (χ0v) is 21.7. The second-order valence-corrected chi connectivity index (χ2v) is 10.8. The van der Waals surface area contributed by atoms with Crippen molar-refractivity contribution in [3.63, 3.8) is 0 Å². The number of rotatable bonds is 13. The molecule has 2 nitrogen and oxygen atoms in total. The molecule has 0 aromatic heterocycles. The van der Waals surface area contributed by atoms with Gasteiger partial charge in [0.15, 0.2) is 0 Å². The molecule has 0 bridgehead atoms. The number of benzene rings is 1. The maximum atomic E-state index is 6.52. The van der Waals surface area contributed by atoms with E-state index in [1.807, 2.05) is 13.3 Å². The topological polar surface area (TPSA) is 38.4 Å². The Hall–Kier alpha value is -0.680. The molecule has 0 amide bonds. The molecule has 0 saturated carbocycles. The standard InChI is InChI=1S/C26H43IN2/c1-7-22(19-29-6)23-15-13-21(14-16-23)17-25(28)24(27)12-10-9-11-20(3)18-26(4,5)8-2/h11,13-16,19,22,24-25H,7-10,12,17-18,28H2,1-6H3/b20-11+,29-19-. The molecule has 164 valence electrons. The van der Waals surface area contributed by atoms with Crippen LogP contribution in [0.25, 0.3) is 0 Å². The zero-order valence-electron chi connectivity index (χ0n) is 19.5. The lowest BCUT2D eigenvalue weighted by atomic mass is 9.83. The molecule has 0 saturated heterocycles. The molecular weight excluding hydrogens is 467 g/mol. The number of nitrogens with zero attached hydrogens (tertiary/aromatic N) is 1. The Morgan fingerprint density at radius 2 is 1.86 bits per heavy atom. The van der Waals surface area contributed by atoms with E-state index < -0.39 is 0 Å². The van der Waals surface area contributed by atoms with Crippen LogP contribution in [-0.4, -0.2) is 23.2 Å². The van der Waals surface area contributed by atoms with Crippen LogP contribution < -0.4 is 5.73 Å². The van der Waals surface area contributed by atoms with Crippen LogP contribution in [-0.2, 0) is 6.42 Å². The fraction of sp³-hybridized carbons (Fsp3) is 0.654. The molecule has 1 rings (SSSR count). The van der Waals surface area contributed by atoms with Gasteiger partial charge >= 0.3 is 0 Å². The maximum absolute atomic E-state index is 6.52. The van der Waals surface area contributed by atoms with Gasteiger partial charge in [-0.15, -0.1) is 0 Å². The summed E-state index contributed by atoms with van der Waals surface area (Å²) in [6.07, 6.45) is 12.5. The van der Waals surface area contributed by atoms with Crippen LogP contribution in [0, 0.1) is 5.41 Å². The summed E-state index contributed by atoms with van der Waals surface area (Å²) < 4.78 is 0.517. The second kappa shape index (κ2) is 13.6. The van der Waals surface area contributed by atoms with Crippen molar-refractivity contribution in [1.29, 1.82) is 0 Å². The third-order valence-corrected chi connectivity index (χ3v) is 7.55. The monoisotopic (exact) mass is 510 g/mol. The smallest absolute Gasteiger partial charge is 0.0273 e. The van der Waals surface area contributed by atoms with E-state index in [2.05, 4.69) is 92.5 Å². The molecule has 1 aromatic rings. The predicted octanol–water partition coefficient (Wildman–Crippen LogP) is 7.50. The molecule has 0 heterocycles. The number of aliphatic imine (C=N–C) groups is 1. The molecule has 0 aliphatic rings. The Kier molecular flexibility index (Phi) is 12.3. The van der Waals surface area contributed by atoms with Crippen LogP contribution in [0.2, 0.25) is 0 Å². The van der Waals surface area contributed by atoms with E-state index in [1.165, 1.54) is 48.8 Å². The first kappa shape index (κ1) is 26.4. The quantitative estimate of drug-likeness (QED) is 0.0964. The van der Waals surface area contributed by atoms with E-state index in [0.717, 1.165) is 12.8 Å². The molecular formula is C26H43IN2. The number of halogens is 1. The van der Waals surface area contributed by atoms with Crippen molar-refractivity contribution < 1.29 is 0 Å². The van der Waals surface area contributed by atoms with Gasteiger partial charge in [-0.2, -0.15) is 0 Å². The van der Waals surface area contributed by atoms with E-state index in [0.29, 0.717) is 15.3 Å². The molecule has 3 atom stereocenters. The van der Waals surface area contributed by atoms with Crippen LogP contribution in [0.1, 0.15) is 90.2 Å². The molecule has 1 aromatic carbocycles. The molecule has 0 radical (unpaired) electrons. The predicted molar refractivity (Wildman–Crippen MR) is 140 cm³/mol. The van der Waals surface area contributed by atoms with Gasteiger partial charge in [0.25, 0.3) is 0 Å². The van der Waals surface area contributed by atoms with E-state index in [9.17, 15) is 0 Å². The van der Waals surface area contributed by atoms with Gasteiger partial charge in [-0.3, -0.25) is 0 Å². The molecule has 0 aliphatic carbocycles. The number of alkyl halides is 1. The third kappa shape index (κ3) is 10.3. The highest BCUT2D eigenvalue weighted by Gasteiger charge is 2.16. The van der Waals surface area contributed by atoms with E-state index in [1.54, 1.807) is 0 Å². The lowest BCUT2D eigenvalue weighted by molar-refractivity contribution is 0.348. The molecule has 0 aliphatic heterocycles. The largest absolute Gasteiger partial charge is 0.326 e. The van der Waals surface area contributed by atoms with Crippen molar-refractivity contribution in [2.24, 2.45) is 16.1 Å². The summed E-state index contributed by atoms with van der Waals surface area (Å²) >= 11 is 2.55. The number of nitrogens with two attached hydrogens (primary N) is 1. The van der Waals surface area contributed by atoms with Crippen molar-refractivity contribution in [2.75, 3.05) is 7.05 Å². The van der Waals surface area contributed by atoms with E-state index in [4.69, 9.17) is 5.73 Å². The number of hydrogen-bond acceptors (Lipinski definition) is 2. The minimum absolute atomic E-state index is 0.213. The van der Waals surface area contributed by atoms with Gasteiger partial charge in [-0.25, -0.2) is 0 Å². The van der Waals surface area contributed by atoms with Gasteiger partial charge in [0.05, 0.1) is 0 Å². The summed E-state index contributed by atoms with van der Waals surface area (Å²) in [4.78, 5) is 4.20. The highest BCUT2D eigenvalue weighted by Crippen LogP contribution is 2.29. The zero-order chi connectivity index (χ0) is 21.9. The Morgan fingerprint density at radius 3 is 2.41 bits per heavy atom. The van der Waals surface area contributed by atoms with Crippen molar-refractivity contribution in [3.8, 4) is 0 Å². The second-order valence-electron chi connectivity index (χ2n) is 9.22. The van der Waals surface area contributed by atoms with Gasteiger partial charge in [0.2, 0.25) is 0 Å². The van der Waals surface area contributed by atoms with Crippen LogP contribution >= 0.6 is 22.6 Å². The fourth-order valence-corrected chi connectivity index (χ4v) is 4.43. The normalized spacial score (nSPS) is 16.2. The molecule has 2 N–H and O–H groups in total. The van der Waals surface area contributed by atoms with Gasteiger partial charge < -0.3 is 10.7 Å². The summed E-state index contributed by atoms with van der Waals surface area (Å²) in [5, 5.41) is 0. The number of hydrogen-bond donors (Lipinski definition) is 1. The van der Waals surface area contributed by atoms with Crippen molar-refractivity contribution in [3.05, 3.63) is 47.0 Å². The number of unbranched alkanes of at least 4 members (excludes halogenated alkanes) is 1. The van der Waals surface area contributed by atoms with E-state index >= 15 is 0 Å². The summed E-state index contributed by atoms with van der Waals surface area (Å²) in [6.45, 7) is 11.5. The van der Waals surface area contributed by atoms with Crippen molar-refractivity contribution in [2.45, 2.75) is 95.4 Å². The van der Waals surface area contributed by atoms with Crippen molar-refractivity contribution >= 4 is 28.8 Å². The summed E-state index contributed by atoms with van der Waals surface area (Å²) in [7, 11) is 1.85. The Labute approximate surface area is 194 Å². The lowest BCUT2D eigenvalue weighted by Crippen LogP contribution is -2.32. The number of allylic oxidation sites excluding steroid dienone is 2. The lowest BCUT2D eigenvalue weighted by Gasteiger charge is -2.23.